The average Bonchev–Trinajstić information content (AvgIpc) is 3.21. The zero-order valence-electron chi connectivity index (χ0n) is 16.2. The van der Waals surface area contributed by atoms with Crippen molar-refractivity contribution in [2.24, 2.45) is 0 Å². The highest BCUT2D eigenvalue weighted by molar-refractivity contribution is 5.98. The van der Waals surface area contributed by atoms with Crippen molar-refractivity contribution < 1.29 is 9.47 Å². The molecule has 0 unspecified atom stereocenters. The van der Waals surface area contributed by atoms with Gasteiger partial charge in [-0.15, -0.1) is 0 Å². The van der Waals surface area contributed by atoms with E-state index in [1.807, 2.05) is 36.5 Å². The molecule has 0 bridgehead atoms. The lowest BCUT2D eigenvalue weighted by molar-refractivity contribution is 0.397. The minimum atomic E-state index is 0.686. The summed E-state index contributed by atoms with van der Waals surface area (Å²) in [7, 11) is 3.31. The summed E-state index contributed by atoms with van der Waals surface area (Å²) in [5, 5.41) is 1.01. The molecule has 5 rings (SSSR count). The topological polar surface area (TPSA) is 57.1 Å². The van der Waals surface area contributed by atoms with Gasteiger partial charge < -0.3 is 9.47 Å². The van der Waals surface area contributed by atoms with Crippen LogP contribution < -0.4 is 9.47 Å². The van der Waals surface area contributed by atoms with Crippen LogP contribution >= 0.6 is 0 Å². The van der Waals surface area contributed by atoms with Crippen LogP contribution in [0.3, 0.4) is 0 Å². The lowest BCUT2D eigenvalue weighted by Crippen LogP contribution is -1.98. The Morgan fingerprint density at radius 3 is 2.38 bits per heavy atom. The van der Waals surface area contributed by atoms with Crippen LogP contribution in [0.15, 0.2) is 67.0 Å². The highest BCUT2D eigenvalue weighted by Gasteiger charge is 2.22. The van der Waals surface area contributed by atoms with Gasteiger partial charge in [0.05, 0.1) is 31.2 Å². The van der Waals surface area contributed by atoms with Gasteiger partial charge in [-0.25, -0.2) is 9.97 Å². The Bertz CT molecular complexity index is 1240. The van der Waals surface area contributed by atoms with Gasteiger partial charge in [0.15, 0.2) is 5.65 Å². The summed E-state index contributed by atoms with van der Waals surface area (Å²) in [6.07, 6.45) is 6.65. The number of allylic oxidation sites excluding steroid dienone is 1. The van der Waals surface area contributed by atoms with Gasteiger partial charge >= 0.3 is 0 Å². The quantitative estimate of drug-likeness (QED) is 0.513. The van der Waals surface area contributed by atoms with Crippen LogP contribution in [0.25, 0.3) is 27.9 Å². The standard InChI is InChI=1S/C24H19N3O2/c1-28-21-8-3-9-22(29-2)23(21)20-14-18(17-7-5-13-26-24(17)27-20)15-10-11-19-16(15)6-4-12-25-19/h3-10,12-14H,11H2,1-2H3. The number of nitrogens with zero attached hydrogens (tertiary/aromatic N) is 3. The van der Waals surface area contributed by atoms with Crippen molar-refractivity contribution in [3.63, 3.8) is 0 Å². The predicted octanol–water partition coefficient (Wildman–Crippen LogP) is 4.70. The molecule has 0 aliphatic heterocycles. The molecule has 142 valence electrons. The fourth-order valence-corrected chi connectivity index (χ4v) is 3.92. The van der Waals surface area contributed by atoms with E-state index in [9.17, 15) is 0 Å². The van der Waals surface area contributed by atoms with Crippen LogP contribution in [0.4, 0.5) is 0 Å². The van der Waals surface area contributed by atoms with Crippen LogP contribution in [-0.4, -0.2) is 29.2 Å². The van der Waals surface area contributed by atoms with Crippen molar-refractivity contribution in [3.05, 3.63) is 83.8 Å². The SMILES string of the molecule is COc1cccc(OC)c1-c1cc(C2=CCc3ncccc32)c2cccnc2n1. The second-order valence-corrected chi connectivity index (χ2v) is 6.79. The molecule has 0 saturated heterocycles. The maximum Gasteiger partial charge on any atom is 0.160 e. The Kier molecular flexibility index (Phi) is 4.21. The second-order valence-electron chi connectivity index (χ2n) is 6.79. The van der Waals surface area contributed by atoms with E-state index in [4.69, 9.17) is 14.5 Å². The number of hydrogen-bond donors (Lipinski definition) is 0. The van der Waals surface area contributed by atoms with E-state index in [0.717, 1.165) is 45.5 Å². The second kappa shape index (κ2) is 7.02. The molecule has 29 heavy (non-hydrogen) atoms. The number of hydrogen-bond acceptors (Lipinski definition) is 5. The summed E-state index contributed by atoms with van der Waals surface area (Å²) in [6.45, 7) is 0. The van der Waals surface area contributed by atoms with Gasteiger partial charge in [0.1, 0.15) is 11.5 Å². The molecule has 1 aliphatic carbocycles. The molecule has 0 spiro atoms. The van der Waals surface area contributed by atoms with Gasteiger partial charge in [0, 0.05) is 29.8 Å². The summed E-state index contributed by atoms with van der Waals surface area (Å²) in [4.78, 5) is 13.9. The van der Waals surface area contributed by atoms with Crippen LogP contribution in [0.1, 0.15) is 16.8 Å². The van der Waals surface area contributed by atoms with Crippen LogP contribution in [0, 0.1) is 0 Å². The maximum absolute atomic E-state index is 5.61. The first-order valence-corrected chi connectivity index (χ1v) is 9.42. The molecule has 1 aromatic carbocycles. The van der Waals surface area contributed by atoms with Crippen molar-refractivity contribution in [2.75, 3.05) is 14.2 Å². The average molecular weight is 381 g/mol. The number of methoxy groups -OCH3 is 2. The Balaban J connectivity index is 1.80. The van der Waals surface area contributed by atoms with Gasteiger partial charge in [-0.1, -0.05) is 18.2 Å². The largest absolute Gasteiger partial charge is 0.496 e. The molecule has 0 fully saturated rings. The summed E-state index contributed by atoms with van der Waals surface area (Å²) < 4.78 is 11.2. The number of ether oxygens (including phenoxy) is 2. The summed E-state index contributed by atoms with van der Waals surface area (Å²) in [5.41, 5.74) is 6.75. The fraction of sp³-hybridized carbons (Fsp3) is 0.125. The Morgan fingerprint density at radius 2 is 1.59 bits per heavy atom. The number of pyridine rings is 3. The fourth-order valence-electron chi connectivity index (χ4n) is 3.92. The molecule has 5 heteroatoms. The summed E-state index contributed by atoms with van der Waals surface area (Å²) in [5.74, 6) is 1.42. The number of fused-ring (bicyclic) bond motifs is 2. The van der Waals surface area contributed by atoms with Crippen LogP contribution in [0.2, 0.25) is 0 Å². The van der Waals surface area contributed by atoms with Gasteiger partial charge in [-0.05, 0) is 47.5 Å². The number of rotatable bonds is 4. The van der Waals surface area contributed by atoms with E-state index in [0.29, 0.717) is 17.1 Å². The molecule has 1 aliphatic rings. The monoisotopic (exact) mass is 381 g/mol. The van der Waals surface area contributed by atoms with Crippen molar-refractivity contribution in [1.29, 1.82) is 0 Å². The first kappa shape index (κ1) is 17.4. The predicted molar refractivity (Wildman–Crippen MR) is 113 cm³/mol. The molecule has 0 amide bonds. The molecule has 0 saturated carbocycles. The molecule has 3 heterocycles. The maximum atomic E-state index is 5.61. The number of benzene rings is 1. The van der Waals surface area contributed by atoms with E-state index in [-0.39, 0.29) is 0 Å². The minimum absolute atomic E-state index is 0.686. The Hall–Kier alpha value is -3.73. The number of aromatic nitrogens is 3. The summed E-state index contributed by atoms with van der Waals surface area (Å²) in [6, 6.07) is 15.9. The van der Waals surface area contributed by atoms with Crippen molar-refractivity contribution in [2.45, 2.75) is 6.42 Å². The Labute approximate surface area is 168 Å². The smallest absolute Gasteiger partial charge is 0.160 e. The first-order chi connectivity index (χ1) is 14.3. The zero-order chi connectivity index (χ0) is 19.8. The molecular formula is C24H19N3O2. The minimum Gasteiger partial charge on any atom is -0.496 e. The van der Waals surface area contributed by atoms with Gasteiger partial charge in [-0.2, -0.15) is 0 Å². The van der Waals surface area contributed by atoms with Gasteiger partial charge in [0.25, 0.3) is 0 Å². The van der Waals surface area contributed by atoms with E-state index in [2.05, 4.69) is 34.2 Å². The van der Waals surface area contributed by atoms with Gasteiger partial charge in [-0.3, -0.25) is 4.98 Å². The third-order valence-corrected chi connectivity index (χ3v) is 5.24. The molecule has 5 nitrogen and oxygen atoms in total. The normalized spacial score (nSPS) is 12.6. The summed E-state index contributed by atoms with van der Waals surface area (Å²) >= 11 is 0. The van der Waals surface area contributed by atoms with Gasteiger partial charge in [0.2, 0.25) is 0 Å². The van der Waals surface area contributed by atoms with E-state index in [1.54, 1.807) is 20.4 Å². The molecular weight excluding hydrogens is 362 g/mol. The lowest BCUT2D eigenvalue weighted by Gasteiger charge is -2.15. The Morgan fingerprint density at radius 1 is 0.828 bits per heavy atom. The third kappa shape index (κ3) is 2.83. The van der Waals surface area contributed by atoms with Crippen LogP contribution in [-0.2, 0) is 6.42 Å². The highest BCUT2D eigenvalue weighted by Crippen LogP contribution is 2.41. The van der Waals surface area contributed by atoms with E-state index in [1.165, 1.54) is 0 Å². The lowest BCUT2D eigenvalue weighted by atomic mass is 9.96. The van der Waals surface area contributed by atoms with Crippen molar-refractivity contribution in [1.82, 2.24) is 15.0 Å². The van der Waals surface area contributed by atoms with E-state index >= 15 is 0 Å². The zero-order valence-corrected chi connectivity index (χ0v) is 16.2. The highest BCUT2D eigenvalue weighted by atomic mass is 16.5. The third-order valence-electron chi connectivity index (χ3n) is 5.24. The molecule has 4 aromatic rings. The molecule has 0 radical (unpaired) electrons. The molecule has 0 atom stereocenters. The van der Waals surface area contributed by atoms with E-state index < -0.39 is 0 Å². The van der Waals surface area contributed by atoms with Crippen molar-refractivity contribution in [3.8, 4) is 22.8 Å². The molecule has 3 aromatic heterocycles. The van der Waals surface area contributed by atoms with Crippen LogP contribution in [0.5, 0.6) is 11.5 Å². The molecule has 0 N–H and O–H groups in total. The first-order valence-electron chi connectivity index (χ1n) is 9.42. The van der Waals surface area contributed by atoms with Crippen molar-refractivity contribution >= 4 is 16.6 Å².